The lowest BCUT2D eigenvalue weighted by atomic mass is 10.1. The lowest BCUT2D eigenvalue weighted by molar-refractivity contribution is -0.771. The van der Waals surface area contributed by atoms with Gasteiger partial charge in [-0.3, -0.25) is 4.90 Å². The molecule has 0 bridgehead atoms. The molecule has 1 aliphatic rings. The third kappa shape index (κ3) is 4.58. The number of furan rings is 1. The summed E-state index contributed by atoms with van der Waals surface area (Å²) in [4.78, 5) is 32.5. The number of nitrogens with one attached hydrogen (secondary N) is 2. The molecular weight excluding hydrogens is 456 g/mol. The van der Waals surface area contributed by atoms with Gasteiger partial charge in [0, 0.05) is 48.0 Å². The summed E-state index contributed by atoms with van der Waals surface area (Å²) in [7, 11) is 3.59. The molecule has 36 heavy (non-hydrogen) atoms. The first-order valence-corrected chi connectivity index (χ1v) is 12.0. The van der Waals surface area contributed by atoms with Crippen LogP contribution in [0.25, 0.3) is 39.5 Å². The van der Waals surface area contributed by atoms with Gasteiger partial charge >= 0.3 is 5.91 Å². The highest BCUT2D eigenvalue weighted by atomic mass is 16.5. The molecule has 1 saturated heterocycles. The van der Waals surface area contributed by atoms with E-state index in [4.69, 9.17) is 19.1 Å². The monoisotopic (exact) mass is 485 g/mol. The number of hydrogen-bond acceptors (Lipinski definition) is 7. The summed E-state index contributed by atoms with van der Waals surface area (Å²) < 4.78 is 11.8. The minimum Gasteiger partial charge on any atom is -0.432 e. The lowest BCUT2D eigenvalue weighted by Crippen LogP contribution is -3.08. The first kappa shape index (κ1) is 23.7. The van der Waals surface area contributed by atoms with E-state index in [1.165, 1.54) is 0 Å². The highest BCUT2D eigenvalue weighted by molar-refractivity contribution is 5.99. The molecule has 0 aliphatic carbocycles. The number of quaternary nitrogens is 1. The van der Waals surface area contributed by atoms with Crippen LogP contribution in [0, 0.1) is 0 Å². The largest absolute Gasteiger partial charge is 0.432 e. The fraction of sp³-hybridized carbons (Fsp3) is 0.259. The van der Waals surface area contributed by atoms with Crippen molar-refractivity contribution >= 4 is 51.9 Å². The van der Waals surface area contributed by atoms with Gasteiger partial charge in [0.05, 0.1) is 32.9 Å². The molecular formula is C27H29N6O3+. The number of anilines is 1. The maximum atomic E-state index is 12.0. The van der Waals surface area contributed by atoms with Gasteiger partial charge in [-0.2, -0.15) is 0 Å². The number of H-pyrrole nitrogens is 1. The van der Waals surface area contributed by atoms with Crippen molar-refractivity contribution in [2.75, 3.05) is 45.3 Å². The number of benzene rings is 1. The minimum absolute atomic E-state index is 0.0117. The summed E-state index contributed by atoms with van der Waals surface area (Å²) in [5.74, 6) is 1.77. The van der Waals surface area contributed by atoms with Crippen molar-refractivity contribution in [2.45, 2.75) is 6.92 Å². The highest BCUT2D eigenvalue weighted by Crippen LogP contribution is 2.39. The molecule has 9 heteroatoms. The topological polar surface area (TPSA) is 101 Å². The third-order valence-corrected chi connectivity index (χ3v) is 6.04. The standard InChI is InChI=1S/C27H28N6O3/c1-4-28-27-20(8-5-6-11-22(34)32(2)3)23-24(36-27)26(33-14-16-35-17-15-33)31-25(30-23)19-9-7-10-21-18(19)12-13-29-21/h4-13,29H,14-17H2,1-3H3/p+1/b8-5+,11-6+,28-4-. The van der Waals surface area contributed by atoms with Crippen LogP contribution in [0.15, 0.2) is 58.1 Å². The van der Waals surface area contributed by atoms with Crippen molar-refractivity contribution in [3.05, 3.63) is 54.3 Å². The Hall–Kier alpha value is -4.08. The number of morpholine rings is 1. The van der Waals surface area contributed by atoms with Crippen LogP contribution in [0.3, 0.4) is 0 Å². The molecule has 1 aromatic carbocycles. The zero-order chi connectivity index (χ0) is 25.1. The van der Waals surface area contributed by atoms with E-state index in [9.17, 15) is 4.79 Å². The second kappa shape index (κ2) is 10.3. The van der Waals surface area contributed by atoms with Gasteiger partial charge in [-0.1, -0.05) is 24.3 Å². The number of allylic oxidation sites excluding steroid dienone is 2. The second-order valence-electron chi connectivity index (χ2n) is 8.68. The summed E-state index contributed by atoms with van der Waals surface area (Å²) in [5, 5.41) is 1.05. The first-order valence-electron chi connectivity index (χ1n) is 12.0. The number of likely N-dealkylation sites (N-methyl/N-ethyl adjacent to an activating group) is 1. The Morgan fingerprint density at radius 2 is 2.00 bits per heavy atom. The van der Waals surface area contributed by atoms with E-state index in [1.807, 2.05) is 49.5 Å². The molecule has 4 aromatic rings. The summed E-state index contributed by atoms with van der Waals surface area (Å²) in [6.45, 7) is 4.49. The normalized spacial score (nSPS) is 15.1. The Balaban J connectivity index is 1.70. The number of aliphatic imine (C=N–C) groups is 1. The predicted molar refractivity (Wildman–Crippen MR) is 142 cm³/mol. The minimum atomic E-state index is -0.0117. The molecule has 2 N–H and O–H groups in total. The van der Waals surface area contributed by atoms with Crippen molar-refractivity contribution in [1.29, 1.82) is 0 Å². The molecule has 3 aromatic heterocycles. The molecule has 0 spiro atoms. The molecule has 9 nitrogen and oxygen atoms in total. The molecule has 1 aliphatic heterocycles. The maximum absolute atomic E-state index is 12.0. The number of rotatable bonds is 6. The maximum Gasteiger partial charge on any atom is 0.336 e. The Labute approximate surface area is 208 Å². The van der Waals surface area contributed by atoms with Gasteiger partial charge in [0.15, 0.2) is 17.2 Å². The molecule has 0 saturated carbocycles. The summed E-state index contributed by atoms with van der Waals surface area (Å²) in [6.07, 6.45) is 10.6. The average Bonchev–Trinajstić information content (AvgIpc) is 3.51. The van der Waals surface area contributed by atoms with E-state index in [1.54, 1.807) is 32.5 Å². The van der Waals surface area contributed by atoms with E-state index in [-0.39, 0.29) is 5.91 Å². The van der Waals surface area contributed by atoms with E-state index < -0.39 is 0 Å². The van der Waals surface area contributed by atoms with Crippen LogP contribution in [0.5, 0.6) is 0 Å². The third-order valence-electron chi connectivity index (χ3n) is 6.04. The fourth-order valence-electron chi connectivity index (χ4n) is 4.18. The van der Waals surface area contributed by atoms with Gasteiger partial charge in [-0.05, 0) is 25.1 Å². The van der Waals surface area contributed by atoms with Gasteiger partial charge in [0.25, 0.3) is 0 Å². The van der Waals surface area contributed by atoms with Gasteiger partial charge in [0.2, 0.25) is 5.88 Å². The van der Waals surface area contributed by atoms with Crippen molar-refractivity contribution in [1.82, 2.24) is 15.0 Å². The van der Waals surface area contributed by atoms with Crippen molar-refractivity contribution in [3.63, 3.8) is 0 Å². The zero-order valence-electron chi connectivity index (χ0n) is 20.6. The predicted octanol–water partition coefficient (Wildman–Crippen LogP) is 3.17. The van der Waals surface area contributed by atoms with Crippen molar-refractivity contribution < 1.29 is 18.8 Å². The molecule has 0 unspecified atom stereocenters. The fourth-order valence-corrected chi connectivity index (χ4v) is 4.18. The molecule has 1 amide bonds. The van der Waals surface area contributed by atoms with Crippen molar-refractivity contribution in [3.8, 4) is 11.4 Å². The molecule has 1 fully saturated rings. The summed E-state index contributed by atoms with van der Waals surface area (Å²) in [6, 6.07) is 8.08. The van der Waals surface area contributed by atoms with E-state index in [0.29, 0.717) is 49.1 Å². The summed E-state index contributed by atoms with van der Waals surface area (Å²) >= 11 is 0. The Bertz CT molecular complexity index is 1490. The molecule has 4 heterocycles. The van der Waals surface area contributed by atoms with E-state index in [0.717, 1.165) is 32.7 Å². The van der Waals surface area contributed by atoms with Gasteiger partial charge in [-0.25, -0.2) is 19.8 Å². The first-order chi connectivity index (χ1) is 17.6. The van der Waals surface area contributed by atoms with Crippen LogP contribution in [0.2, 0.25) is 0 Å². The number of aromatic amines is 1. The molecule has 184 valence electrons. The number of hydrogen-bond donors (Lipinski definition) is 2. The molecule has 0 radical (unpaired) electrons. The van der Waals surface area contributed by atoms with Crippen LogP contribution in [-0.4, -0.2) is 67.5 Å². The number of nitrogens with zero attached hydrogens (tertiary/aromatic N) is 4. The number of fused-ring (bicyclic) bond motifs is 2. The molecule has 5 rings (SSSR count). The van der Waals surface area contributed by atoms with Gasteiger partial charge in [-0.15, -0.1) is 0 Å². The van der Waals surface area contributed by atoms with Crippen LogP contribution < -0.4 is 9.80 Å². The average molecular weight is 486 g/mol. The number of carbonyl (C=O) groups is 1. The SMILES string of the molecule is C/C=N\c1oc2c(N3CCOCC3)nc(-c3cccc4[nH]ccc34)nc2c1/C=C/C=C/C(=O)[NH+](C)C. The second-order valence-corrected chi connectivity index (χ2v) is 8.68. The highest BCUT2D eigenvalue weighted by Gasteiger charge is 2.24. The van der Waals surface area contributed by atoms with Crippen molar-refractivity contribution in [2.24, 2.45) is 4.99 Å². The Kier molecular flexibility index (Phi) is 6.75. The van der Waals surface area contributed by atoms with Crippen LogP contribution in [-0.2, 0) is 9.53 Å². The van der Waals surface area contributed by atoms with Crippen LogP contribution >= 0.6 is 0 Å². The van der Waals surface area contributed by atoms with Crippen LogP contribution in [0.4, 0.5) is 11.7 Å². The van der Waals surface area contributed by atoms with Gasteiger partial charge in [0.1, 0.15) is 5.52 Å². The van der Waals surface area contributed by atoms with E-state index >= 15 is 0 Å². The number of aromatic nitrogens is 3. The number of carbonyl (C=O) groups excluding carboxylic acids is 1. The Morgan fingerprint density at radius 3 is 2.78 bits per heavy atom. The van der Waals surface area contributed by atoms with Crippen LogP contribution in [0.1, 0.15) is 12.5 Å². The smallest absolute Gasteiger partial charge is 0.336 e. The zero-order valence-corrected chi connectivity index (χ0v) is 20.6. The molecule has 0 atom stereocenters. The number of amides is 1. The van der Waals surface area contributed by atoms with E-state index in [2.05, 4.69) is 14.9 Å². The lowest BCUT2D eigenvalue weighted by Gasteiger charge is -2.27. The Morgan fingerprint density at radius 1 is 1.17 bits per heavy atom. The quantitative estimate of drug-likeness (QED) is 0.247. The van der Waals surface area contributed by atoms with Gasteiger partial charge < -0.3 is 19.0 Å². The number of ether oxygens (including phenoxy) is 1. The summed E-state index contributed by atoms with van der Waals surface area (Å²) in [5.41, 5.74) is 3.94.